The molecule has 3 heteroatoms. The summed E-state index contributed by atoms with van der Waals surface area (Å²) in [7, 11) is 0. The van der Waals surface area contributed by atoms with Gasteiger partial charge in [-0.25, -0.2) is 0 Å². The second-order valence-electron chi connectivity index (χ2n) is 3.87. The van der Waals surface area contributed by atoms with Crippen molar-refractivity contribution in [1.82, 2.24) is 0 Å². The number of nitrogens with two attached hydrogens (primary N) is 1. The molecule has 1 atom stereocenters. The van der Waals surface area contributed by atoms with Gasteiger partial charge in [-0.3, -0.25) is 0 Å². The normalized spacial score (nSPS) is 21.2. The van der Waals surface area contributed by atoms with E-state index in [9.17, 15) is 0 Å². The smallest absolute Gasteiger partial charge is 0.119 e. The summed E-state index contributed by atoms with van der Waals surface area (Å²) in [6.45, 7) is 1.51. The average Bonchev–Trinajstić information content (AvgIpc) is 2.30. The molecule has 0 aliphatic carbocycles. The molecule has 0 saturated carbocycles. The molecule has 1 fully saturated rings. The molecule has 0 amide bonds. The molecule has 82 valence electrons. The molecule has 0 radical (unpaired) electrons. The molecule has 15 heavy (non-hydrogen) atoms. The largest absolute Gasteiger partial charge is 0.491 e. The minimum Gasteiger partial charge on any atom is -0.491 e. The lowest BCUT2D eigenvalue weighted by Crippen LogP contribution is -2.25. The van der Waals surface area contributed by atoms with Crippen molar-refractivity contribution in [1.29, 1.82) is 0 Å². The van der Waals surface area contributed by atoms with Gasteiger partial charge in [0.15, 0.2) is 0 Å². The van der Waals surface area contributed by atoms with Crippen molar-refractivity contribution in [2.45, 2.75) is 25.4 Å². The third kappa shape index (κ3) is 3.13. The molecule has 1 saturated heterocycles. The SMILES string of the molecule is Nc1ccc(OC[C@H]2CCCCO2)cc1. The van der Waals surface area contributed by atoms with Gasteiger partial charge in [0.05, 0.1) is 6.10 Å². The molecule has 0 spiro atoms. The molecule has 0 unspecified atom stereocenters. The highest BCUT2D eigenvalue weighted by molar-refractivity contribution is 5.41. The lowest BCUT2D eigenvalue weighted by Gasteiger charge is -2.22. The van der Waals surface area contributed by atoms with E-state index >= 15 is 0 Å². The Hall–Kier alpha value is -1.22. The van der Waals surface area contributed by atoms with Gasteiger partial charge in [0.2, 0.25) is 0 Å². The summed E-state index contributed by atoms with van der Waals surface area (Å²) in [6, 6.07) is 7.46. The molecule has 2 rings (SSSR count). The van der Waals surface area contributed by atoms with Crippen LogP contribution in [-0.2, 0) is 4.74 Å². The van der Waals surface area contributed by atoms with Crippen LogP contribution in [0.1, 0.15) is 19.3 Å². The highest BCUT2D eigenvalue weighted by Crippen LogP contribution is 2.17. The Kier molecular flexibility index (Phi) is 3.45. The minimum atomic E-state index is 0.260. The first kappa shape index (κ1) is 10.3. The molecule has 3 nitrogen and oxygen atoms in total. The van der Waals surface area contributed by atoms with Crippen LogP contribution in [0.25, 0.3) is 0 Å². The Balaban J connectivity index is 1.79. The minimum absolute atomic E-state index is 0.260. The number of nitrogen functional groups attached to an aromatic ring is 1. The predicted molar refractivity (Wildman–Crippen MR) is 59.9 cm³/mol. The Morgan fingerprint density at radius 3 is 2.73 bits per heavy atom. The summed E-state index contributed by atoms with van der Waals surface area (Å²) in [5.41, 5.74) is 6.35. The lowest BCUT2D eigenvalue weighted by atomic mass is 10.1. The van der Waals surface area contributed by atoms with Crippen LogP contribution in [0.4, 0.5) is 5.69 Å². The van der Waals surface area contributed by atoms with E-state index in [1.165, 1.54) is 12.8 Å². The van der Waals surface area contributed by atoms with Gasteiger partial charge in [-0.1, -0.05) is 0 Å². The first-order valence-electron chi connectivity index (χ1n) is 5.44. The molecule has 2 N–H and O–H groups in total. The molecule has 1 aromatic rings. The highest BCUT2D eigenvalue weighted by atomic mass is 16.5. The summed E-state index contributed by atoms with van der Waals surface area (Å²) >= 11 is 0. The molecule has 0 bridgehead atoms. The standard InChI is InChI=1S/C12H17NO2/c13-10-4-6-11(7-5-10)15-9-12-3-1-2-8-14-12/h4-7,12H,1-3,8-9,13H2/t12-/m1/s1. The summed E-state index contributed by atoms with van der Waals surface area (Å²) in [5, 5.41) is 0. The van der Waals surface area contributed by atoms with Crippen molar-refractivity contribution in [2.24, 2.45) is 0 Å². The van der Waals surface area contributed by atoms with Gasteiger partial charge >= 0.3 is 0 Å². The van der Waals surface area contributed by atoms with E-state index in [2.05, 4.69) is 0 Å². The number of rotatable bonds is 3. The van der Waals surface area contributed by atoms with E-state index in [-0.39, 0.29) is 6.10 Å². The maximum atomic E-state index is 5.62. The summed E-state index contributed by atoms with van der Waals surface area (Å²) in [5.74, 6) is 0.860. The molecule has 1 aliphatic rings. The lowest BCUT2D eigenvalue weighted by molar-refractivity contribution is -0.0110. The maximum absolute atomic E-state index is 5.62. The van der Waals surface area contributed by atoms with Crippen LogP contribution in [0.5, 0.6) is 5.75 Å². The quantitative estimate of drug-likeness (QED) is 0.773. The van der Waals surface area contributed by atoms with E-state index in [0.29, 0.717) is 6.61 Å². The van der Waals surface area contributed by atoms with Crippen molar-refractivity contribution >= 4 is 5.69 Å². The summed E-state index contributed by atoms with van der Waals surface area (Å²) < 4.78 is 11.2. The fraction of sp³-hybridized carbons (Fsp3) is 0.500. The van der Waals surface area contributed by atoms with Crippen molar-refractivity contribution in [3.05, 3.63) is 24.3 Å². The van der Waals surface area contributed by atoms with E-state index < -0.39 is 0 Å². The first-order valence-corrected chi connectivity index (χ1v) is 5.44. The van der Waals surface area contributed by atoms with E-state index in [1.54, 1.807) is 0 Å². The number of hydrogen-bond acceptors (Lipinski definition) is 3. The van der Waals surface area contributed by atoms with Crippen LogP contribution in [0, 0.1) is 0 Å². The van der Waals surface area contributed by atoms with Crippen molar-refractivity contribution in [2.75, 3.05) is 18.9 Å². The molecular formula is C12H17NO2. The fourth-order valence-corrected chi connectivity index (χ4v) is 1.69. The number of hydrogen-bond donors (Lipinski definition) is 1. The first-order chi connectivity index (χ1) is 7.34. The van der Waals surface area contributed by atoms with Crippen LogP contribution >= 0.6 is 0 Å². The topological polar surface area (TPSA) is 44.5 Å². The molecule has 0 aromatic heterocycles. The zero-order valence-electron chi connectivity index (χ0n) is 8.82. The van der Waals surface area contributed by atoms with E-state index in [0.717, 1.165) is 24.5 Å². The Morgan fingerprint density at radius 2 is 2.07 bits per heavy atom. The highest BCUT2D eigenvalue weighted by Gasteiger charge is 2.14. The van der Waals surface area contributed by atoms with Crippen LogP contribution in [-0.4, -0.2) is 19.3 Å². The van der Waals surface area contributed by atoms with Gasteiger partial charge in [0.25, 0.3) is 0 Å². The van der Waals surface area contributed by atoms with Crippen molar-refractivity contribution in [3.8, 4) is 5.75 Å². The summed E-state index contributed by atoms with van der Waals surface area (Å²) in [6.07, 6.45) is 3.79. The van der Waals surface area contributed by atoms with Crippen LogP contribution < -0.4 is 10.5 Å². The second kappa shape index (κ2) is 5.03. The van der Waals surface area contributed by atoms with E-state index in [4.69, 9.17) is 15.2 Å². The second-order valence-corrected chi connectivity index (χ2v) is 3.87. The third-order valence-corrected chi connectivity index (χ3v) is 2.59. The molecule has 1 aromatic carbocycles. The molecular weight excluding hydrogens is 190 g/mol. The third-order valence-electron chi connectivity index (χ3n) is 2.59. The van der Waals surface area contributed by atoms with E-state index in [1.807, 2.05) is 24.3 Å². The Morgan fingerprint density at radius 1 is 1.27 bits per heavy atom. The van der Waals surface area contributed by atoms with Gasteiger partial charge in [-0.05, 0) is 43.5 Å². The van der Waals surface area contributed by atoms with Gasteiger partial charge in [-0.2, -0.15) is 0 Å². The number of benzene rings is 1. The zero-order valence-corrected chi connectivity index (χ0v) is 8.82. The van der Waals surface area contributed by atoms with Gasteiger partial charge in [-0.15, -0.1) is 0 Å². The average molecular weight is 207 g/mol. The maximum Gasteiger partial charge on any atom is 0.119 e. The fourth-order valence-electron chi connectivity index (χ4n) is 1.69. The molecule has 1 aliphatic heterocycles. The van der Waals surface area contributed by atoms with Crippen LogP contribution in [0.15, 0.2) is 24.3 Å². The molecule has 1 heterocycles. The summed E-state index contributed by atoms with van der Waals surface area (Å²) in [4.78, 5) is 0. The number of ether oxygens (including phenoxy) is 2. The van der Waals surface area contributed by atoms with Crippen molar-refractivity contribution < 1.29 is 9.47 Å². The zero-order chi connectivity index (χ0) is 10.5. The predicted octanol–water partition coefficient (Wildman–Crippen LogP) is 2.22. The number of anilines is 1. The van der Waals surface area contributed by atoms with Gasteiger partial charge < -0.3 is 15.2 Å². The van der Waals surface area contributed by atoms with Crippen LogP contribution in [0.2, 0.25) is 0 Å². The Bertz CT molecular complexity index is 291. The van der Waals surface area contributed by atoms with Gasteiger partial charge in [0, 0.05) is 12.3 Å². The van der Waals surface area contributed by atoms with Crippen LogP contribution in [0.3, 0.4) is 0 Å². The van der Waals surface area contributed by atoms with Gasteiger partial charge in [0.1, 0.15) is 12.4 Å². The Labute approximate surface area is 90.2 Å². The monoisotopic (exact) mass is 207 g/mol. The van der Waals surface area contributed by atoms with Crippen molar-refractivity contribution in [3.63, 3.8) is 0 Å².